The molecule has 22 heavy (non-hydrogen) atoms. The smallest absolute Gasteiger partial charge is 0.325 e. The molecule has 2 rings (SSSR count). The average molecular weight is 311 g/mol. The van der Waals surface area contributed by atoms with Crippen molar-refractivity contribution in [1.29, 1.82) is 0 Å². The van der Waals surface area contributed by atoms with Crippen molar-refractivity contribution in [2.24, 2.45) is 5.73 Å². The van der Waals surface area contributed by atoms with E-state index in [1.165, 1.54) is 4.90 Å². The lowest BCUT2D eigenvalue weighted by Gasteiger charge is -2.37. The van der Waals surface area contributed by atoms with Crippen LogP contribution in [-0.4, -0.2) is 85.5 Å². The maximum atomic E-state index is 12.6. The second-order valence-electron chi connectivity index (χ2n) is 6.61. The molecule has 0 bridgehead atoms. The number of hydrogen-bond acceptors (Lipinski definition) is 5. The fourth-order valence-corrected chi connectivity index (χ4v) is 3.13. The maximum absolute atomic E-state index is 12.6. The number of likely N-dealkylation sites (N-methyl/N-ethyl adjacent to an activating group) is 1. The molecule has 2 heterocycles. The summed E-state index contributed by atoms with van der Waals surface area (Å²) in [4.78, 5) is 30.6. The number of nitrogens with one attached hydrogen (secondary N) is 1. The summed E-state index contributed by atoms with van der Waals surface area (Å²) in [6.45, 7) is 4.81. The van der Waals surface area contributed by atoms with Crippen LogP contribution in [0.15, 0.2) is 0 Å². The summed E-state index contributed by atoms with van der Waals surface area (Å²) in [6.07, 6.45) is 3.03. The third-order valence-corrected chi connectivity index (χ3v) is 4.65. The van der Waals surface area contributed by atoms with Crippen LogP contribution in [0.5, 0.6) is 0 Å². The molecule has 3 amide bonds. The van der Waals surface area contributed by atoms with Crippen molar-refractivity contribution >= 4 is 11.9 Å². The van der Waals surface area contributed by atoms with Crippen molar-refractivity contribution in [3.8, 4) is 0 Å². The van der Waals surface area contributed by atoms with Gasteiger partial charge in [-0.05, 0) is 46.3 Å². The van der Waals surface area contributed by atoms with Crippen LogP contribution >= 0.6 is 0 Å². The van der Waals surface area contributed by atoms with Gasteiger partial charge in [-0.15, -0.1) is 0 Å². The molecule has 3 N–H and O–H groups in total. The van der Waals surface area contributed by atoms with E-state index in [1.54, 1.807) is 0 Å². The van der Waals surface area contributed by atoms with E-state index < -0.39 is 5.54 Å². The Bertz CT molecular complexity index is 405. The van der Waals surface area contributed by atoms with E-state index in [4.69, 9.17) is 5.73 Å². The first kappa shape index (κ1) is 17.2. The summed E-state index contributed by atoms with van der Waals surface area (Å²) in [5.41, 5.74) is 4.81. The van der Waals surface area contributed by atoms with Gasteiger partial charge in [0, 0.05) is 32.7 Å². The Kier molecular flexibility index (Phi) is 5.77. The van der Waals surface area contributed by atoms with E-state index in [1.807, 2.05) is 0 Å². The third-order valence-electron chi connectivity index (χ3n) is 4.65. The van der Waals surface area contributed by atoms with Crippen LogP contribution in [0, 0.1) is 0 Å². The maximum Gasteiger partial charge on any atom is 0.325 e. The van der Waals surface area contributed by atoms with Crippen LogP contribution in [0.3, 0.4) is 0 Å². The Morgan fingerprint density at radius 1 is 1.18 bits per heavy atom. The number of imide groups is 1. The van der Waals surface area contributed by atoms with Crippen LogP contribution in [-0.2, 0) is 4.79 Å². The summed E-state index contributed by atoms with van der Waals surface area (Å²) in [5.74, 6) is -0.0400. The molecule has 2 aliphatic heterocycles. The fourth-order valence-electron chi connectivity index (χ4n) is 3.13. The molecule has 0 atom stereocenters. The van der Waals surface area contributed by atoms with E-state index in [0.717, 1.165) is 39.0 Å². The minimum absolute atomic E-state index is 0.0400. The Labute approximate surface area is 132 Å². The molecule has 0 saturated carbocycles. The van der Waals surface area contributed by atoms with E-state index in [9.17, 15) is 9.59 Å². The standard InChI is InChI=1S/C15H29N5O2/c1-18(2)11-12-19-9-5-15(6-10-19)13(21)20(14(22)17-15)8-4-3-7-16/h3-12,16H2,1-2H3,(H,17,22). The topological polar surface area (TPSA) is 81.9 Å². The largest absolute Gasteiger partial charge is 0.330 e. The number of hydrogen-bond donors (Lipinski definition) is 2. The number of carbonyl (C=O) groups excluding carboxylic acids is 2. The average Bonchev–Trinajstić information content (AvgIpc) is 2.71. The number of piperidine rings is 1. The molecule has 0 aliphatic carbocycles. The van der Waals surface area contributed by atoms with E-state index in [0.29, 0.717) is 25.9 Å². The molecule has 0 radical (unpaired) electrons. The molecule has 2 fully saturated rings. The predicted molar refractivity (Wildman–Crippen MR) is 85.5 cm³/mol. The highest BCUT2D eigenvalue weighted by molar-refractivity contribution is 6.07. The van der Waals surface area contributed by atoms with Gasteiger partial charge in [-0.2, -0.15) is 0 Å². The van der Waals surface area contributed by atoms with Gasteiger partial charge in [0.1, 0.15) is 5.54 Å². The Morgan fingerprint density at radius 2 is 1.86 bits per heavy atom. The zero-order chi connectivity index (χ0) is 16.2. The lowest BCUT2D eigenvalue weighted by atomic mass is 9.87. The van der Waals surface area contributed by atoms with Gasteiger partial charge in [0.2, 0.25) is 0 Å². The first-order valence-electron chi connectivity index (χ1n) is 8.20. The third kappa shape index (κ3) is 3.77. The molecule has 126 valence electrons. The lowest BCUT2D eigenvalue weighted by Crippen LogP contribution is -2.55. The second kappa shape index (κ2) is 7.39. The van der Waals surface area contributed by atoms with Crippen molar-refractivity contribution in [3.05, 3.63) is 0 Å². The monoisotopic (exact) mass is 311 g/mol. The van der Waals surface area contributed by atoms with Gasteiger partial charge in [-0.1, -0.05) is 0 Å². The van der Waals surface area contributed by atoms with Crippen molar-refractivity contribution in [3.63, 3.8) is 0 Å². The van der Waals surface area contributed by atoms with Gasteiger partial charge in [-0.3, -0.25) is 9.69 Å². The van der Waals surface area contributed by atoms with Crippen molar-refractivity contribution in [2.75, 3.05) is 53.4 Å². The van der Waals surface area contributed by atoms with Crippen molar-refractivity contribution < 1.29 is 9.59 Å². The SMILES string of the molecule is CN(C)CCN1CCC2(CC1)NC(=O)N(CCCCN)C2=O. The lowest BCUT2D eigenvalue weighted by molar-refractivity contribution is -0.133. The van der Waals surface area contributed by atoms with E-state index >= 15 is 0 Å². The molecule has 1 spiro atoms. The number of likely N-dealkylation sites (tertiary alicyclic amines) is 1. The van der Waals surface area contributed by atoms with Gasteiger partial charge in [-0.25, -0.2) is 4.79 Å². The first-order valence-corrected chi connectivity index (χ1v) is 8.20. The number of carbonyl (C=O) groups is 2. The van der Waals surface area contributed by atoms with E-state index in [2.05, 4.69) is 29.2 Å². The molecule has 7 heteroatoms. The van der Waals surface area contributed by atoms with Gasteiger partial charge >= 0.3 is 6.03 Å². The highest BCUT2D eigenvalue weighted by Crippen LogP contribution is 2.29. The summed E-state index contributed by atoms with van der Waals surface area (Å²) >= 11 is 0. The summed E-state index contributed by atoms with van der Waals surface area (Å²) < 4.78 is 0. The Morgan fingerprint density at radius 3 is 2.45 bits per heavy atom. The van der Waals surface area contributed by atoms with Crippen molar-refractivity contribution in [1.82, 2.24) is 20.0 Å². The highest BCUT2D eigenvalue weighted by Gasteiger charge is 2.51. The Balaban J connectivity index is 1.87. The van der Waals surface area contributed by atoms with Gasteiger partial charge < -0.3 is 20.9 Å². The fraction of sp³-hybridized carbons (Fsp3) is 0.867. The summed E-state index contributed by atoms with van der Waals surface area (Å²) in [5, 5.41) is 2.95. The normalized spacial score (nSPS) is 21.9. The number of unbranched alkanes of at least 4 members (excludes halogenated alkanes) is 1. The van der Waals surface area contributed by atoms with E-state index in [-0.39, 0.29) is 11.9 Å². The minimum atomic E-state index is -0.658. The van der Waals surface area contributed by atoms with Crippen LogP contribution in [0.4, 0.5) is 4.79 Å². The highest BCUT2D eigenvalue weighted by atomic mass is 16.2. The molecular formula is C15H29N5O2. The van der Waals surface area contributed by atoms with Gasteiger partial charge in [0.05, 0.1) is 0 Å². The number of amides is 3. The molecule has 0 aromatic rings. The number of nitrogens with zero attached hydrogens (tertiary/aromatic N) is 3. The van der Waals surface area contributed by atoms with Gasteiger partial charge in [0.25, 0.3) is 5.91 Å². The second-order valence-corrected chi connectivity index (χ2v) is 6.61. The van der Waals surface area contributed by atoms with Crippen LogP contribution in [0.25, 0.3) is 0 Å². The quantitative estimate of drug-likeness (QED) is 0.497. The molecule has 2 aliphatic rings. The van der Waals surface area contributed by atoms with Crippen LogP contribution in [0.1, 0.15) is 25.7 Å². The molecule has 0 aromatic heterocycles. The Hall–Kier alpha value is -1.18. The van der Waals surface area contributed by atoms with Crippen molar-refractivity contribution in [2.45, 2.75) is 31.2 Å². The summed E-state index contributed by atoms with van der Waals surface area (Å²) in [7, 11) is 4.12. The molecule has 0 aromatic carbocycles. The minimum Gasteiger partial charge on any atom is -0.330 e. The summed E-state index contributed by atoms with van der Waals surface area (Å²) in [6, 6.07) is -0.233. The van der Waals surface area contributed by atoms with Gasteiger partial charge in [0.15, 0.2) is 0 Å². The molecule has 2 saturated heterocycles. The predicted octanol–water partition coefficient (Wildman–Crippen LogP) is -0.327. The molecule has 7 nitrogen and oxygen atoms in total. The zero-order valence-corrected chi connectivity index (χ0v) is 13.8. The molecule has 0 unspecified atom stereocenters. The number of rotatable bonds is 7. The zero-order valence-electron chi connectivity index (χ0n) is 13.8. The van der Waals surface area contributed by atoms with Crippen LogP contribution in [0.2, 0.25) is 0 Å². The number of nitrogens with two attached hydrogens (primary N) is 1. The number of urea groups is 1. The first-order chi connectivity index (χ1) is 10.5. The van der Waals surface area contributed by atoms with Crippen LogP contribution < -0.4 is 11.1 Å². The molecular weight excluding hydrogens is 282 g/mol.